The fourth-order valence-corrected chi connectivity index (χ4v) is 5.39. The summed E-state index contributed by atoms with van der Waals surface area (Å²) in [4.78, 5) is 19.3. The van der Waals surface area contributed by atoms with Crippen molar-refractivity contribution in [2.75, 3.05) is 14.1 Å². The van der Waals surface area contributed by atoms with Crippen LogP contribution in [0.3, 0.4) is 0 Å². The number of pyridine rings is 1. The lowest BCUT2D eigenvalue weighted by Gasteiger charge is -2.20. The lowest BCUT2D eigenvalue weighted by atomic mass is 9.88. The SMILES string of the molecule is Cc1cc(-c2cc(F)cc(C(C)C)c2CC(=O)NS(=O)(=O)c2cc(C(C)N(C)C)n(C3CC3)n2)ccn1. The van der Waals surface area contributed by atoms with Crippen LogP contribution in [-0.2, 0) is 21.2 Å². The predicted molar refractivity (Wildman–Crippen MR) is 140 cm³/mol. The van der Waals surface area contributed by atoms with E-state index in [-0.39, 0.29) is 29.4 Å². The van der Waals surface area contributed by atoms with Crippen molar-refractivity contribution in [3.8, 4) is 11.1 Å². The molecule has 37 heavy (non-hydrogen) atoms. The maximum Gasteiger partial charge on any atom is 0.283 e. The highest BCUT2D eigenvalue weighted by molar-refractivity contribution is 7.90. The van der Waals surface area contributed by atoms with Crippen LogP contribution in [0.2, 0.25) is 0 Å². The Morgan fingerprint density at radius 3 is 2.49 bits per heavy atom. The zero-order valence-corrected chi connectivity index (χ0v) is 22.9. The first-order chi connectivity index (χ1) is 17.4. The molecule has 0 radical (unpaired) electrons. The van der Waals surface area contributed by atoms with Gasteiger partial charge in [-0.25, -0.2) is 9.11 Å². The second-order valence-corrected chi connectivity index (χ2v) is 11.9. The number of amides is 1. The van der Waals surface area contributed by atoms with Gasteiger partial charge in [-0.05, 0) is 93.2 Å². The standard InChI is InChI=1S/C27H34FN5O3S/c1-16(2)22-12-20(28)13-23(19-9-10-29-17(3)11-19)24(22)14-26(34)31-37(35,36)27-15-25(18(4)32(5)6)33(30-27)21-7-8-21/h9-13,15-16,18,21H,7-8,14H2,1-6H3,(H,31,34). The Balaban J connectivity index is 1.66. The molecule has 3 aromatic rings. The van der Waals surface area contributed by atoms with Gasteiger partial charge in [-0.3, -0.25) is 14.5 Å². The number of carbonyl (C=O) groups is 1. The van der Waals surface area contributed by atoms with E-state index in [9.17, 15) is 17.6 Å². The number of hydrogen-bond donors (Lipinski definition) is 1. The first-order valence-electron chi connectivity index (χ1n) is 12.4. The highest BCUT2D eigenvalue weighted by Gasteiger charge is 2.33. The average molecular weight is 528 g/mol. The maximum atomic E-state index is 14.6. The van der Waals surface area contributed by atoms with Crippen LogP contribution in [0.5, 0.6) is 0 Å². The summed E-state index contributed by atoms with van der Waals surface area (Å²) in [6, 6.07) is 8.02. The number of carbonyl (C=O) groups excluding carboxylic acids is 1. The van der Waals surface area contributed by atoms with Crippen LogP contribution < -0.4 is 4.72 Å². The third kappa shape index (κ3) is 5.91. The molecule has 1 N–H and O–H groups in total. The highest BCUT2D eigenvalue weighted by Crippen LogP contribution is 2.38. The topological polar surface area (TPSA) is 97.2 Å². The number of sulfonamides is 1. The summed E-state index contributed by atoms with van der Waals surface area (Å²) >= 11 is 0. The largest absolute Gasteiger partial charge is 0.301 e. The molecule has 1 aromatic carbocycles. The average Bonchev–Trinajstić information content (AvgIpc) is 3.56. The zero-order valence-electron chi connectivity index (χ0n) is 22.1. The van der Waals surface area contributed by atoms with Gasteiger partial charge in [0.15, 0.2) is 5.03 Å². The summed E-state index contributed by atoms with van der Waals surface area (Å²) in [7, 11) is -0.369. The Morgan fingerprint density at radius 2 is 1.89 bits per heavy atom. The minimum atomic E-state index is -4.21. The van der Waals surface area contributed by atoms with Gasteiger partial charge in [0, 0.05) is 24.0 Å². The summed E-state index contributed by atoms with van der Waals surface area (Å²) in [6.45, 7) is 7.63. The van der Waals surface area contributed by atoms with E-state index >= 15 is 0 Å². The molecule has 198 valence electrons. The van der Waals surface area contributed by atoms with Crippen molar-refractivity contribution in [1.29, 1.82) is 0 Å². The van der Waals surface area contributed by atoms with Crippen LogP contribution in [-0.4, -0.2) is 48.1 Å². The van der Waals surface area contributed by atoms with E-state index in [1.54, 1.807) is 23.0 Å². The summed E-state index contributed by atoms with van der Waals surface area (Å²) in [5.41, 5.74) is 4.03. The van der Waals surface area contributed by atoms with E-state index in [0.717, 1.165) is 24.2 Å². The van der Waals surface area contributed by atoms with E-state index in [1.165, 1.54) is 12.1 Å². The first kappa shape index (κ1) is 26.9. The van der Waals surface area contributed by atoms with Gasteiger partial charge in [0.25, 0.3) is 10.0 Å². The molecular formula is C27H34FN5O3S. The molecule has 2 aromatic heterocycles. The third-order valence-corrected chi connectivity index (χ3v) is 8.02. The zero-order chi connectivity index (χ0) is 27.1. The van der Waals surface area contributed by atoms with Gasteiger partial charge in [0.1, 0.15) is 5.82 Å². The molecule has 0 aliphatic heterocycles. The lowest BCUT2D eigenvalue weighted by Crippen LogP contribution is -2.32. The van der Waals surface area contributed by atoms with Crippen molar-refractivity contribution in [3.05, 3.63) is 64.9 Å². The predicted octanol–water partition coefficient (Wildman–Crippen LogP) is 4.52. The van der Waals surface area contributed by atoms with Gasteiger partial charge in [0.2, 0.25) is 5.91 Å². The first-order valence-corrected chi connectivity index (χ1v) is 13.9. The van der Waals surface area contributed by atoms with Gasteiger partial charge in [0.05, 0.1) is 18.2 Å². The fraction of sp³-hybridized carbons (Fsp3) is 0.444. The van der Waals surface area contributed by atoms with E-state index in [0.29, 0.717) is 22.3 Å². The van der Waals surface area contributed by atoms with E-state index in [2.05, 4.69) is 14.8 Å². The Hall–Kier alpha value is -3.11. The summed E-state index contributed by atoms with van der Waals surface area (Å²) in [5, 5.41) is 4.19. The molecule has 0 saturated heterocycles. The molecule has 4 rings (SSSR count). The molecule has 8 nitrogen and oxygen atoms in total. The number of nitrogens with one attached hydrogen (secondary N) is 1. The molecule has 1 atom stereocenters. The van der Waals surface area contributed by atoms with Crippen molar-refractivity contribution in [1.82, 2.24) is 24.4 Å². The van der Waals surface area contributed by atoms with Gasteiger partial charge in [-0.15, -0.1) is 0 Å². The van der Waals surface area contributed by atoms with Crippen LogP contribution in [0, 0.1) is 12.7 Å². The molecule has 1 aliphatic rings. The quantitative estimate of drug-likeness (QED) is 0.440. The minimum Gasteiger partial charge on any atom is -0.301 e. The maximum absolute atomic E-state index is 14.6. The summed E-state index contributed by atoms with van der Waals surface area (Å²) < 4.78 is 45.0. The van der Waals surface area contributed by atoms with E-state index in [1.807, 2.05) is 52.8 Å². The highest BCUT2D eigenvalue weighted by atomic mass is 32.2. The molecule has 1 saturated carbocycles. The van der Waals surface area contributed by atoms with Crippen molar-refractivity contribution >= 4 is 15.9 Å². The van der Waals surface area contributed by atoms with E-state index < -0.39 is 21.7 Å². The van der Waals surface area contributed by atoms with Gasteiger partial charge >= 0.3 is 0 Å². The monoisotopic (exact) mass is 527 g/mol. The van der Waals surface area contributed by atoms with E-state index in [4.69, 9.17) is 0 Å². The van der Waals surface area contributed by atoms with Gasteiger partial charge < -0.3 is 4.90 Å². The van der Waals surface area contributed by atoms with Crippen LogP contribution in [0.4, 0.5) is 4.39 Å². The number of benzene rings is 1. The second kappa shape index (κ2) is 10.3. The number of hydrogen-bond acceptors (Lipinski definition) is 6. The molecule has 1 aliphatic carbocycles. The Labute approximate surface area is 218 Å². The van der Waals surface area contributed by atoms with Crippen LogP contribution in [0.15, 0.2) is 41.6 Å². The number of nitrogens with zero attached hydrogens (tertiary/aromatic N) is 4. The van der Waals surface area contributed by atoms with Gasteiger partial charge in [-0.1, -0.05) is 13.8 Å². The fourth-order valence-electron chi connectivity index (χ4n) is 4.44. The molecular weight excluding hydrogens is 493 g/mol. The van der Waals surface area contributed by atoms with Crippen molar-refractivity contribution in [2.45, 2.75) is 70.0 Å². The molecule has 10 heteroatoms. The Kier molecular flexibility index (Phi) is 7.52. The lowest BCUT2D eigenvalue weighted by molar-refractivity contribution is -0.118. The number of halogens is 1. The Bertz CT molecular complexity index is 1430. The van der Waals surface area contributed by atoms with Crippen LogP contribution in [0.25, 0.3) is 11.1 Å². The number of rotatable bonds is 9. The van der Waals surface area contributed by atoms with Crippen molar-refractivity contribution in [3.63, 3.8) is 0 Å². The minimum absolute atomic E-state index is 0.0491. The molecule has 1 unspecified atom stereocenters. The van der Waals surface area contributed by atoms with Crippen molar-refractivity contribution in [2.24, 2.45) is 0 Å². The number of aromatic nitrogens is 3. The van der Waals surface area contributed by atoms with Crippen LogP contribution in [0.1, 0.15) is 74.1 Å². The van der Waals surface area contributed by atoms with Crippen molar-refractivity contribution < 1.29 is 17.6 Å². The molecule has 1 amide bonds. The number of aryl methyl sites for hydroxylation is 1. The van der Waals surface area contributed by atoms with Crippen LogP contribution >= 0.6 is 0 Å². The summed E-state index contributed by atoms with van der Waals surface area (Å²) in [6.07, 6.45) is 3.29. The molecule has 1 fully saturated rings. The van der Waals surface area contributed by atoms with Gasteiger partial charge in [-0.2, -0.15) is 13.5 Å². The second-order valence-electron chi connectivity index (χ2n) is 10.3. The molecule has 2 heterocycles. The molecule has 0 bridgehead atoms. The smallest absolute Gasteiger partial charge is 0.283 e. The summed E-state index contributed by atoms with van der Waals surface area (Å²) in [5.74, 6) is -1.21. The Morgan fingerprint density at radius 1 is 1.19 bits per heavy atom. The molecule has 0 spiro atoms. The normalized spacial score (nSPS) is 14.8. The third-order valence-electron chi connectivity index (χ3n) is 6.78.